The number of aryl methyl sites for hydroxylation is 1. The van der Waals surface area contributed by atoms with Crippen LogP contribution in [0.25, 0.3) is 0 Å². The monoisotopic (exact) mass is 251 g/mol. The van der Waals surface area contributed by atoms with E-state index in [2.05, 4.69) is 0 Å². The van der Waals surface area contributed by atoms with E-state index in [0.29, 0.717) is 0 Å². The van der Waals surface area contributed by atoms with Crippen LogP contribution in [0.5, 0.6) is 0 Å². The Balaban J connectivity index is 0.000000385. The van der Waals surface area contributed by atoms with Crippen molar-refractivity contribution in [1.29, 1.82) is 0 Å². The molecule has 1 aromatic heterocycles. The molecule has 8 heteroatoms. The summed E-state index contributed by atoms with van der Waals surface area (Å²) >= 11 is 0. The maximum atomic E-state index is 10.5. The number of halogens is 1. The van der Waals surface area contributed by atoms with Gasteiger partial charge in [0.05, 0.1) is 0 Å². The van der Waals surface area contributed by atoms with Gasteiger partial charge < -0.3 is 5.11 Å². The third-order valence-electron chi connectivity index (χ3n) is 1.51. The third-order valence-corrected chi connectivity index (χ3v) is 1.51. The predicted octanol–water partition coefficient (Wildman–Crippen LogP) is -3.69. The first-order valence-corrected chi connectivity index (χ1v) is 5.33. The Bertz CT molecular complexity index is 345. The highest BCUT2D eigenvalue weighted by Crippen LogP contribution is 1.90. The summed E-state index contributed by atoms with van der Waals surface area (Å²) in [5.41, 5.74) is 0.806. The van der Waals surface area contributed by atoms with Gasteiger partial charge in [-0.15, -0.1) is 10.2 Å². The van der Waals surface area contributed by atoms with Crippen LogP contribution < -0.4 is 23.2 Å². The Labute approximate surface area is 93.6 Å². The molecule has 0 fully saturated rings. The number of aromatic nitrogens is 1. The van der Waals surface area contributed by atoms with Crippen LogP contribution in [-0.2, 0) is 6.42 Å². The molecule has 0 bridgehead atoms. The summed E-state index contributed by atoms with van der Waals surface area (Å²) in [6.07, 6.45) is 1.34. The van der Waals surface area contributed by atoms with Crippen LogP contribution in [-0.4, -0.2) is 11.2 Å². The highest BCUT2D eigenvalue weighted by molar-refractivity contribution is 5.53. The summed E-state index contributed by atoms with van der Waals surface area (Å²) in [6, 6.07) is 5.33. The molecule has 1 aromatic rings. The largest absolute Gasteiger partial charge is 0.599 e. The lowest BCUT2D eigenvalue weighted by Gasteiger charge is -2.17. The minimum Gasteiger partial charge on any atom is -0.427 e. The number of hydrogen-bond acceptors (Lipinski definition) is 5. The van der Waals surface area contributed by atoms with Crippen LogP contribution in [0.2, 0.25) is 0 Å². The van der Waals surface area contributed by atoms with Crippen molar-refractivity contribution in [1.82, 2.24) is 0 Å². The van der Waals surface area contributed by atoms with Gasteiger partial charge in [0.15, 0.2) is 11.9 Å². The quantitative estimate of drug-likeness (QED) is 0.511. The van der Waals surface area contributed by atoms with Crippen LogP contribution >= 0.6 is 0 Å². The molecule has 1 rings (SSSR count). The Morgan fingerprint density at radius 1 is 1.38 bits per heavy atom. The summed E-state index contributed by atoms with van der Waals surface area (Å²) in [5, 5.41) is 8.66. The maximum Gasteiger partial charge on any atom is 0.599 e. The van der Waals surface area contributed by atoms with Crippen molar-refractivity contribution < 1.29 is 43.3 Å². The molecule has 90 valence electrons. The van der Waals surface area contributed by atoms with Crippen molar-refractivity contribution in [2.24, 2.45) is 0 Å². The maximum absolute atomic E-state index is 10.5. The molecular formula is C8H10ClNO6. The zero-order valence-corrected chi connectivity index (χ0v) is 9.09. The number of pyridine rings is 1. The molecule has 0 aliphatic heterocycles. The summed E-state index contributed by atoms with van der Waals surface area (Å²) in [5.74, 6) is 0. The first-order valence-electron chi connectivity index (χ1n) is 4.10. The lowest BCUT2D eigenvalue weighted by molar-refractivity contribution is -2.00. The van der Waals surface area contributed by atoms with Gasteiger partial charge in [0.25, 0.3) is 0 Å². The fraction of sp³-hybridized carbons (Fsp3) is 0.250. The molecule has 0 aliphatic rings. The van der Waals surface area contributed by atoms with Crippen LogP contribution in [0.3, 0.4) is 0 Å². The van der Waals surface area contributed by atoms with Gasteiger partial charge in [-0.3, -0.25) is 0 Å². The Morgan fingerprint density at radius 2 is 1.88 bits per heavy atom. The first-order chi connectivity index (χ1) is 7.25. The summed E-state index contributed by atoms with van der Waals surface area (Å²) < 4.78 is 35.2. The van der Waals surface area contributed by atoms with Crippen LogP contribution in [0, 0.1) is 10.2 Å². The molecule has 16 heavy (non-hydrogen) atoms. The van der Waals surface area contributed by atoms with Gasteiger partial charge >= 0.3 is 6.09 Å². The van der Waals surface area contributed by atoms with E-state index in [1.807, 2.05) is 13.0 Å². The normalized spacial score (nSPS) is 10.3. The molecule has 0 atom stereocenters. The van der Waals surface area contributed by atoms with E-state index in [1.54, 1.807) is 18.3 Å². The number of nitrogens with zero attached hydrogens (tertiary/aromatic N) is 1. The SMILES string of the molecule is CCc1cccc[n+]1C(=O)O.[O-][Cl+3]([O-])([O-])[O-]. The number of hydrogen-bond donors (Lipinski definition) is 1. The van der Waals surface area contributed by atoms with Gasteiger partial charge in [-0.1, -0.05) is 17.6 Å². The Morgan fingerprint density at radius 3 is 2.19 bits per heavy atom. The second-order valence-electron chi connectivity index (χ2n) is 2.58. The van der Waals surface area contributed by atoms with E-state index in [1.165, 1.54) is 4.57 Å². The van der Waals surface area contributed by atoms with E-state index in [-0.39, 0.29) is 0 Å². The van der Waals surface area contributed by atoms with Crippen molar-refractivity contribution in [2.45, 2.75) is 13.3 Å². The van der Waals surface area contributed by atoms with E-state index < -0.39 is 16.3 Å². The molecule has 0 amide bonds. The lowest BCUT2D eigenvalue weighted by Crippen LogP contribution is -2.68. The molecule has 0 spiro atoms. The zero-order valence-electron chi connectivity index (χ0n) is 8.33. The molecule has 0 saturated carbocycles. The average Bonchev–Trinajstić information content (AvgIpc) is 2.15. The highest BCUT2D eigenvalue weighted by atomic mass is 35.7. The number of carboxylic acid groups (broad SMARTS) is 1. The van der Waals surface area contributed by atoms with Crippen molar-refractivity contribution in [3.05, 3.63) is 30.1 Å². The molecular weight excluding hydrogens is 242 g/mol. The van der Waals surface area contributed by atoms with Crippen LogP contribution in [0.1, 0.15) is 12.6 Å². The molecule has 0 aliphatic carbocycles. The molecule has 0 unspecified atom stereocenters. The predicted molar refractivity (Wildman–Crippen MR) is 39.4 cm³/mol. The van der Waals surface area contributed by atoms with Crippen molar-refractivity contribution in [3.63, 3.8) is 0 Å². The molecule has 0 radical (unpaired) electrons. The van der Waals surface area contributed by atoms with E-state index in [0.717, 1.165) is 12.1 Å². The smallest absolute Gasteiger partial charge is 0.427 e. The highest BCUT2D eigenvalue weighted by Gasteiger charge is 2.15. The van der Waals surface area contributed by atoms with Gasteiger partial charge in [0.1, 0.15) is 0 Å². The zero-order chi connectivity index (χ0) is 12.8. The Kier molecular flexibility index (Phi) is 5.86. The standard InChI is InChI=1S/C8H9NO2.ClHO4/c1-2-7-5-3-4-6-9(7)8(10)11;2-1(3,4)5/h3-6H,2H2,1H3;(H,2,3,4,5). The van der Waals surface area contributed by atoms with E-state index >= 15 is 0 Å². The fourth-order valence-corrected chi connectivity index (χ4v) is 0.953. The summed E-state index contributed by atoms with van der Waals surface area (Å²) in [6.45, 7) is 1.93. The lowest BCUT2D eigenvalue weighted by atomic mass is 10.3. The van der Waals surface area contributed by atoms with Crippen molar-refractivity contribution >= 4 is 6.09 Å². The van der Waals surface area contributed by atoms with E-state index in [9.17, 15) is 4.79 Å². The minimum atomic E-state index is -4.94. The van der Waals surface area contributed by atoms with Gasteiger partial charge in [0, 0.05) is 18.6 Å². The number of carbonyl (C=O) groups is 1. The molecule has 0 aromatic carbocycles. The summed E-state index contributed by atoms with van der Waals surface area (Å²) in [4.78, 5) is 10.5. The fourth-order valence-electron chi connectivity index (χ4n) is 0.953. The van der Waals surface area contributed by atoms with Crippen LogP contribution in [0.15, 0.2) is 24.4 Å². The second-order valence-corrected chi connectivity index (χ2v) is 3.33. The third kappa shape index (κ3) is 7.10. The minimum absolute atomic E-state index is 0.729. The molecule has 0 saturated heterocycles. The van der Waals surface area contributed by atoms with Gasteiger partial charge in [0.2, 0.25) is 0 Å². The van der Waals surface area contributed by atoms with E-state index in [4.69, 9.17) is 23.7 Å². The van der Waals surface area contributed by atoms with Gasteiger partial charge in [-0.2, -0.15) is 4.79 Å². The molecule has 1 heterocycles. The van der Waals surface area contributed by atoms with Crippen molar-refractivity contribution in [2.75, 3.05) is 0 Å². The molecule has 7 nitrogen and oxygen atoms in total. The first kappa shape index (κ1) is 14.8. The average molecular weight is 252 g/mol. The summed E-state index contributed by atoms with van der Waals surface area (Å²) in [7, 11) is -4.94. The topological polar surface area (TPSA) is 133 Å². The number of rotatable bonds is 1. The second kappa shape index (κ2) is 6.36. The van der Waals surface area contributed by atoms with Gasteiger partial charge in [-0.05, 0) is 0 Å². The van der Waals surface area contributed by atoms with Crippen LogP contribution in [0.4, 0.5) is 4.79 Å². The van der Waals surface area contributed by atoms with Crippen molar-refractivity contribution in [3.8, 4) is 0 Å². The Hall–Kier alpha value is -1.25. The molecule has 1 N–H and O–H groups in total. The van der Waals surface area contributed by atoms with Gasteiger partial charge in [-0.25, -0.2) is 18.6 Å².